The van der Waals surface area contributed by atoms with Crippen LogP contribution in [0.25, 0.3) is 32.9 Å². The van der Waals surface area contributed by atoms with Crippen LogP contribution in [0.15, 0.2) is 60.4 Å². The van der Waals surface area contributed by atoms with Gasteiger partial charge in [-0.1, -0.05) is 79.7 Å². The second-order valence-electron chi connectivity index (χ2n) is 12.9. The molecule has 0 aliphatic heterocycles. The van der Waals surface area contributed by atoms with Crippen molar-refractivity contribution >= 4 is 27.5 Å². The molecule has 0 amide bonds. The fraction of sp³-hybridized carbons (Fsp3) is 0.462. The van der Waals surface area contributed by atoms with Crippen LogP contribution in [0.4, 0.5) is 0 Å². The number of ketones is 1. The minimum Gasteiger partial charge on any atom is -0.512 e. The van der Waals surface area contributed by atoms with Crippen LogP contribution in [0.3, 0.4) is 0 Å². The zero-order valence-electron chi connectivity index (χ0n) is 28.4. The van der Waals surface area contributed by atoms with Gasteiger partial charge in [0.2, 0.25) is 0 Å². The topological polar surface area (TPSA) is 63.1 Å². The summed E-state index contributed by atoms with van der Waals surface area (Å²) in [4.78, 5) is 21.7. The van der Waals surface area contributed by atoms with Crippen molar-refractivity contribution in [2.75, 3.05) is 0 Å². The van der Waals surface area contributed by atoms with Crippen LogP contribution in [0, 0.1) is 36.7 Å². The maximum absolute atomic E-state index is 12.2. The van der Waals surface area contributed by atoms with E-state index < -0.39 is 0 Å². The van der Waals surface area contributed by atoms with Crippen molar-refractivity contribution in [3.05, 3.63) is 83.4 Å². The summed E-state index contributed by atoms with van der Waals surface area (Å²) in [6.07, 6.45) is 5.85. The van der Waals surface area contributed by atoms with Gasteiger partial charge < -0.3 is 5.11 Å². The van der Waals surface area contributed by atoms with Crippen molar-refractivity contribution in [2.24, 2.45) is 16.7 Å². The Kier molecular flexibility index (Phi) is 13.5. The van der Waals surface area contributed by atoms with Gasteiger partial charge in [0.05, 0.1) is 5.52 Å². The Balaban J connectivity index is 0.000000331. The molecule has 0 saturated heterocycles. The number of hydrogen-bond acceptors (Lipinski definition) is 4. The van der Waals surface area contributed by atoms with E-state index in [9.17, 15) is 9.90 Å². The first-order valence-corrected chi connectivity index (χ1v) is 16.0. The Morgan fingerprint density at radius 3 is 2.11 bits per heavy atom. The Morgan fingerprint density at radius 2 is 1.57 bits per heavy atom. The number of rotatable bonds is 10. The Morgan fingerprint density at radius 1 is 0.932 bits per heavy atom. The van der Waals surface area contributed by atoms with Crippen molar-refractivity contribution in [2.45, 2.75) is 101 Å². The Labute approximate surface area is 279 Å². The SMILES string of the molecule is CCC(C)(CC)C(=O)/C=C(\O)C(C)(CC)CC.Cc1nc(-c2[c-]cccc2)c2ccc3cc(CC(C)C)cc(C)c3c2n1.[Ir]. The van der Waals surface area contributed by atoms with Gasteiger partial charge in [-0.05, 0) is 79.5 Å². The van der Waals surface area contributed by atoms with E-state index in [1.807, 2.05) is 66.7 Å². The van der Waals surface area contributed by atoms with Gasteiger partial charge in [-0.15, -0.1) is 35.9 Å². The standard InChI is InChI=1S/C24H23N2.C15H28O2.Ir/c1-15(2)12-18-13-16(3)22-20(14-18)10-11-21-23(19-8-6-5-7-9-19)25-17(4)26-24(21)22;1-7-14(5,8-2)12(16)11-13(17)15(6,9-3)10-4;/h5-8,10-11,13-15H,12H2,1-4H3;11,16H,7-10H2,1-6H3;/q-1;;/b;12-11-;. The first kappa shape index (κ1) is 37.3. The predicted molar refractivity (Wildman–Crippen MR) is 182 cm³/mol. The van der Waals surface area contributed by atoms with Crippen LogP contribution in [-0.2, 0) is 31.3 Å². The molecule has 0 atom stereocenters. The number of hydrogen-bond donors (Lipinski definition) is 1. The molecular weight excluding hydrogens is 721 g/mol. The van der Waals surface area contributed by atoms with Crippen molar-refractivity contribution in [1.82, 2.24) is 9.97 Å². The van der Waals surface area contributed by atoms with Gasteiger partial charge in [0.1, 0.15) is 11.6 Å². The third-order valence-corrected chi connectivity index (χ3v) is 9.36. The van der Waals surface area contributed by atoms with Crippen molar-refractivity contribution < 1.29 is 30.0 Å². The second kappa shape index (κ2) is 15.9. The van der Waals surface area contributed by atoms with E-state index in [1.165, 1.54) is 28.0 Å². The smallest absolute Gasteiger partial charge is 0.164 e. The molecule has 4 nitrogen and oxygen atoms in total. The van der Waals surface area contributed by atoms with Crippen molar-refractivity contribution in [3.8, 4) is 11.3 Å². The molecule has 0 fully saturated rings. The van der Waals surface area contributed by atoms with E-state index in [4.69, 9.17) is 9.97 Å². The quantitative estimate of drug-likeness (QED) is 0.0755. The number of allylic oxidation sites excluding steroid dienone is 2. The molecule has 239 valence electrons. The number of aryl methyl sites for hydroxylation is 2. The van der Waals surface area contributed by atoms with Gasteiger partial charge in [0.15, 0.2) is 5.78 Å². The van der Waals surface area contributed by atoms with Gasteiger partial charge in [-0.2, -0.15) is 0 Å². The summed E-state index contributed by atoms with van der Waals surface area (Å²) in [7, 11) is 0. The van der Waals surface area contributed by atoms with E-state index in [0.29, 0.717) is 5.92 Å². The fourth-order valence-corrected chi connectivity index (χ4v) is 5.47. The van der Waals surface area contributed by atoms with E-state index in [-0.39, 0.29) is 42.5 Å². The van der Waals surface area contributed by atoms with Gasteiger partial charge in [0.25, 0.3) is 0 Å². The molecule has 1 radical (unpaired) electrons. The molecule has 5 heteroatoms. The Hall–Kier alpha value is -2.88. The van der Waals surface area contributed by atoms with E-state index >= 15 is 0 Å². The molecule has 44 heavy (non-hydrogen) atoms. The number of carbonyl (C=O) groups excluding carboxylic acids is 1. The molecule has 0 unspecified atom stereocenters. The normalized spacial score (nSPS) is 12.2. The van der Waals surface area contributed by atoms with Gasteiger partial charge in [-0.25, -0.2) is 4.98 Å². The third-order valence-electron chi connectivity index (χ3n) is 9.36. The average Bonchev–Trinajstić information content (AvgIpc) is 2.99. The maximum Gasteiger partial charge on any atom is 0.164 e. The maximum atomic E-state index is 12.2. The van der Waals surface area contributed by atoms with Crippen LogP contribution in [0.2, 0.25) is 0 Å². The molecule has 0 saturated carbocycles. The number of benzene rings is 3. The molecule has 0 spiro atoms. The minimum absolute atomic E-state index is 0. The number of aromatic nitrogens is 2. The van der Waals surface area contributed by atoms with Crippen molar-refractivity contribution in [3.63, 3.8) is 0 Å². The summed E-state index contributed by atoms with van der Waals surface area (Å²) in [5.74, 6) is 1.73. The average molecular weight is 772 g/mol. The molecule has 1 N–H and O–H groups in total. The first-order chi connectivity index (χ1) is 20.3. The van der Waals surface area contributed by atoms with E-state index in [2.05, 4.69) is 57.2 Å². The molecule has 4 rings (SSSR count). The third kappa shape index (κ3) is 8.43. The molecule has 0 aliphatic rings. The molecule has 4 aromatic rings. The summed E-state index contributed by atoms with van der Waals surface area (Å²) in [5.41, 5.74) is 5.08. The van der Waals surface area contributed by atoms with Gasteiger partial charge >= 0.3 is 0 Å². The summed E-state index contributed by atoms with van der Waals surface area (Å²) < 4.78 is 0. The van der Waals surface area contributed by atoms with E-state index in [0.717, 1.165) is 60.1 Å². The summed E-state index contributed by atoms with van der Waals surface area (Å²) in [5, 5.41) is 13.7. The first-order valence-electron chi connectivity index (χ1n) is 16.0. The summed E-state index contributed by atoms with van der Waals surface area (Å²) >= 11 is 0. The molecular formula is C39H51IrN2O2-. The number of aliphatic hydroxyl groups excluding tert-OH is 1. The zero-order chi connectivity index (χ0) is 31.9. The molecule has 1 aromatic heterocycles. The molecule has 3 aromatic carbocycles. The number of carbonyl (C=O) groups is 1. The molecule has 0 bridgehead atoms. The minimum atomic E-state index is -0.337. The zero-order valence-corrected chi connectivity index (χ0v) is 30.8. The number of nitrogens with zero attached hydrogens (tertiary/aromatic N) is 2. The largest absolute Gasteiger partial charge is 0.512 e. The van der Waals surface area contributed by atoms with Crippen LogP contribution >= 0.6 is 0 Å². The summed E-state index contributed by atoms with van der Waals surface area (Å²) in [6, 6.07) is 20.3. The summed E-state index contributed by atoms with van der Waals surface area (Å²) in [6.45, 7) is 20.8. The predicted octanol–water partition coefficient (Wildman–Crippen LogP) is 10.7. The van der Waals surface area contributed by atoms with Crippen molar-refractivity contribution in [1.29, 1.82) is 0 Å². The van der Waals surface area contributed by atoms with Crippen LogP contribution in [0.5, 0.6) is 0 Å². The second-order valence-corrected chi connectivity index (χ2v) is 12.9. The van der Waals surface area contributed by atoms with Gasteiger partial charge in [-0.3, -0.25) is 9.78 Å². The molecule has 0 aliphatic carbocycles. The monoisotopic (exact) mass is 772 g/mol. The number of fused-ring (bicyclic) bond motifs is 3. The van der Waals surface area contributed by atoms with E-state index in [1.54, 1.807) is 0 Å². The fourth-order valence-electron chi connectivity index (χ4n) is 5.47. The number of aliphatic hydroxyl groups is 1. The van der Waals surface area contributed by atoms with Crippen LogP contribution in [-0.4, -0.2) is 20.9 Å². The molecule has 1 heterocycles. The Bertz CT molecular complexity index is 1580. The van der Waals surface area contributed by atoms with Crippen LogP contribution in [0.1, 0.15) is 98.0 Å². The van der Waals surface area contributed by atoms with Crippen LogP contribution < -0.4 is 0 Å². The van der Waals surface area contributed by atoms with Gasteiger partial charge in [0, 0.05) is 42.4 Å².